The minimum absolute atomic E-state index is 0.00882. The van der Waals surface area contributed by atoms with Crippen molar-refractivity contribution in [2.24, 2.45) is 0 Å². The van der Waals surface area contributed by atoms with E-state index in [0.717, 1.165) is 12.8 Å². The molecular formula is C50H68. The third-order valence-electron chi connectivity index (χ3n) is 12.8. The lowest BCUT2D eigenvalue weighted by atomic mass is 9.67. The van der Waals surface area contributed by atoms with Gasteiger partial charge < -0.3 is 0 Å². The molecule has 0 fully saturated rings. The van der Waals surface area contributed by atoms with E-state index < -0.39 is 0 Å². The van der Waals surface area contributed by atoms with Crippen molar-refractivity contribution in [1.29, 1.82) is 0 Å². The zero-order valence-electron chi connectivity index (χ0n) is 32.8. The summed E-state index contributed by atoms with van der Waals surface area (Å²) < 4.78 is 0. The van der Waals surface area contributed by atoms with Gasteiger partial charge in [0.1, 0.15) is 0 Å². The number of benzene rings is 4. The van der Waals surface area contributed by atoms with E-state index in [1.165, 1.54) is 130 Å². The topological polar surface area (TPSA) is 0 Å². The fraction of sp³-hybridized carbons (Fsp3) is 0.520. The summed E-state index contributed by atoms with van der Waals surface area (Å²) >= 11 is 0. The quantitative estimate of drug-likeness (QED) is 0.0775. The number of rotatable bonds is 21. The van der Waals surface area contributed by atoms with Crippen LogP contribution < -0.4 is 0 Å². The second-order valence-corrected chi connectivity index (χ2v) is 16.1. The highest BCUT2D eigenvalue weighted by atomic mass is 14.5. The Balaban J connectivity index is 1.66. The Kier molecular flexibility index (Phi) is 13.6. The molecule has 0 heterocycles. The molecule has 0 amide bonds. The molecule has 0 saturated carbocycles. The number of hydrogen-bond acceptors (Lipinski definition) is 0. The molecule has 268 valence electrons. The average molecular weight is 669 g/mol. The first kappa shape index (κ1) is 38.1. The van der Waals surface area contributed by atoms with Crippen LogP contribution in [0.5, 0.6) is 0 Å². The van der Waals surface area contributed by atoms with Crippen LogP contribution in [0, 0.1) is 0 Å². The monoisotopic (exact) mass is 669 g/mol. The molecular weight excluding hydrogens is 601 g/mol. The van der Waals surface area contributed by atoms with Crippen LogP contribution in [-0.4, -0.2) is 0 Å². The van der Waals surface area contributed by atoms with Crippen LogP contribution in [0.3, 0.4) is 0 Å². The first-order valence-electron chi connectivity index (χ1n) is 20.8. The molecule has 2 unspecified atom stereocenters. The van der Waals surface area contributed by atoms with Gasteiger partial charge in [-0.2, -0.15) is 0 Å². The summed E-state index contributed by atoms with van der Waals surface area (Å²) in [6, 6.07) is 38.0. The van der Waals surface area contributed by atoms with Gasteiger partial charge in [-0.15, -0.1) is 0 Å². The van der Waals surface area contributed by atoms with Gasteiger partial charge in [0.25, 0.3) is 0 Å². The molecule has 50 heavy (non-hydrogen) atoms. The maximum atomic E-state index is 2.71. The van der Waals surface area contributed by atoms with E-state index in [-0.39, 0.29) is 16.2 Å². The first-order valence-corrected chi connectivity index (χ1v) is 20.8. The standard InChI is InChI=1S/C50H68/c1-7-11-13-15-17-25-36-50(37-26-18-16-14-12-8-2)46-38-42(48(5,10-4)40-27-21-19-22-28-40)31-33-44(46)45-34-32-43(39-47(45)50)49(6,35-9-3)41-29-23-20-24-30-41/h19-24,27-34,38-39H,7-18,25-26,35-37H2,1-6H3. The highest BCUT2D eigenvalue weighted by molar-refractivity contribution is 5.82. The molecule has 4 aromatic carbocycles. The van der Waals surface area contributed by atoms with Gasteiger partial charge in [0.15, 0.2) is 0 Å². The summed E-state index contributed by atoms with van der Waals surface area (Å²) in [5, 5.41) is 0. The molecule has 0 saturated heterocycles. The van der Waals surface area contributed by atoms with Crippen LogP contribution in [0.15, 0.2) is 97.1 Å². The number of fused-ring (bicyclic) bond motifs is 3. The van der Waals surface area contributed by atoms with E-state index >= 15 is 0 Å². The van der Waals surface area contributed by atoms with Crippen LogP contribution >= 0.6 is 0 Å². The molecule has 1 aliphatic carbocycles. The van der Waals surface area contributed by atoms with Gasteiger partial charge in [-0.1, -0.05) is 222 Å². The zero-order valence-corrected chi connectivity index (χ0v) is 32.8. The number of unbranched alkanes of at least 4 members (excludes halogenated alkanes) is 10. The Bertz CT molecular complexity index is 1580. The van der Waals surface area contributed by atoms with E-state index in [0.29, 0.717) is 0 Å². The Morgan fingerprint density at radius 3 is 1.28 bits per heavy atom. The van der Waals surface area contributed by atoms with Gasteiger partial charge in [-0.05, 0) is 70.2 Å². The van der Waals surface area contributed by atoms with E-state index in [4.69, 9.17) is 0 Å². The molecule has 0 nitrogen and oxygen atoms in total. The van der Waals surface area contributed by atoms with E-state index in [2.05, 4.69) is 139 Å². The Morgan fingerprint density at radius 2 is 0.840 bits per heavy atom. The van der Waals surface area contributed by atoms with Gasteiger partial charge in [-0.3, -0.25) is 0 Å². The molecule has 0 heteroatoms. The molecule has 0 radical (unpaired) electrons. The third kappa shape index (κ3) is 8.01. The lowest BCUT2D eigenvalue weighted by molar-refractivity contribution is 0.396. The summed E-state index contributed by atoms with van der Waals surface area (Å²) in [6.07, 6.45) is 22.1. The van der Waals surface area contributed by atoms with Gasteiger partial charge in [0.05, 0.1) is 0 Å². The van der Waals surface area contributed by atoms with Crippen LogP contribution in [0.4, 0.5) is 0 Å². The summed E-state index contributed by atoms with van der Waals surface area (Å²) in [5.74, 6) is 0. The van der Waals surface area contributed by atoms with Crippen molar-refractivity contribution in [1.82, 2.24) is 0 Å². The van der Waals surface area contributed by atoms with Crippen molar-refractivity contribution >= 4 is 0 Å². The van der Waals surface area contributed by atoms with Crippen molar-refractivity contribution < 1.29 is 0 Å². The molecule has 5 rings (SSSR count). The van der Waals surface area contributed by atoms with E-state index in [1.807, 2.05) is 0 Å². The Hall–Kier alpha value is -3.12. The highest BCUT2D eigenvalue weighted by Crippen LogP contribution is 2.56. The van der Waals surface area contributed by atoms with Crippen LogP contribution in [0.25, 0.3) is 11.1 Å². The normalized spacial score (nSPS) is 15.6. The molecule has 2 atom stereocenters. The van der Waals surface area contributed by atoms with Gasteiger partial charge >= 0.3 is 0 Å². The molecule has 1 aliphatic rings. The van der Waals surface area contributed by atoms with Crippen LogP contribution in [-0.2, 0) is 16.2 Å². The van der Waals surface area contributed by atoms with Crippen LogP contribution in [0.1, 0.15) is 184 Å². The highest BCUT2D eigenvalue weighted by Gasteiger charge is 2.44. The molecule has 0 aromatic heterocycles. The predicted octanol–water partition coefficient (Wildman–Crippen LogP) is 15.3. The molecule has 4 aromatic rings. The lowest BCUT2D eigenvalue weighted by Gasteiger charge is -2.37. The molecule has 0 spiro atoms. The van der Waals surface area contributed by atoms with E-state index in [1.54, 1.807) is 11.1 Å². The maximum Gasteiger partial charge on any atom is 0.0215 e. The van der Waals surface area contributed by atoms with Gasteiger partial charge in [0, 0.05) is 16.2 Å². The maximum absolute atomic E-state index is 2.71. The SMILES string of the molecule is CCCCCCCCC1(CCCCCCCC)c2cc(C(C)(CC)c3ccccc3)ccc2-c2ccc(C(C)(CCC)c3ccccc3)cc21. The summed E-state index contributed by atoms with van der Waals surface area (Å²) in [4.78, 5) is 0. The fourth-order valence-electron chi connectivity index (χ4n) is 9.40. The minimum Gasteiger partial charge on any atom is -0.0654 e. The van der Waals surface area contributed by atoms with Crippen molar-refractivity contribution in [2.75, 3.05) is 0 Å². The van der Waals surface area contributed by atoms with Crippen molar-refractivity contribution in [3.8, 4) is 11.1 Å². The fourth-order valence-corrected chi connectivity index (χ4v) is 9.40. The first-order chi connectivity index (χ1) is 24.4. The van der Waals surface area contributed by atoms with Gasteiger partial charge in [0.2, 0.25) is 0 Å². The molecule has 0 N–H and O–H groups in total. The second-order valence-electron chi connectivity index (χ2n) is 16.1. The minimum atomic E-state index is -0.0186. The van der Waals surface area contributed by atoms with Crippen molar-refractivity contribution in [3.05, 3.63) is 130 Å². The largest absolute Gasteiger partial charge is 0.0654 e. The summed E-state index contributed by atoms with van der Waals surface area (Å²) in [6.45, 7) is 14.4. The Morgan fingerprint density at radius 1 is 0.420 bits per heavy atom. The smallest absolute Gasteiger partial charge is 0.0215 e. The summed E-state index contributed by atoms with van der Waals surface area (Å²) in [5.41, 5.74) is 12.1. The second kappa shape index (κ2) is 17.9. The van der Waals surface area contributed by atoms with Gasteiger partial charge in [-0.25, -0.2) is 0 Å². The third-order valence-corrected chi connectivity index (χ3v) is 12.8. The Labute approximate surface area is 307 Å². The molecule has 0 aliphatic heterocycles. The zero-order chi connectivity index (χ0) is 35.5. The number of hydrogen-bond donors (Lipinski definition) is 0. The molecule has 0 bridgehead atoms. The predicted molar refractivity (Wildman–Crippen MR) is 220 cm³/mol. The van der Waals surface area contributed by atoms with E-state index in [9.17, 15) is 0 Å². The summed E-state index contributed by atoms with van der Waals surface area (Å²) in [7, 11) is 0. The lowest BCUT2D eigenvalue weighted by Crippen LogP contribution is -2.29. The van der Waals surface area contributed by atoms with Crippen molar-refractivity contribution in [3.63, 3.8) is 0 Å². The van der Waals surface area contributed by atoms with Crippen molar-refractivity contribution in [2.45, 2.75) is 167 Å². The van der Waals surface area contributed by atoms with Crippen LogP contribution in [0.2, 0.25) is 0 Å². The average Bonchev–Trinajstić information content (AvgIpc) is 3.43.